The number of anilines is 1. The smallest absolute Gasteiger partial charge is 0.274 e. The first kappa shape index (κ1) is 47.9. The van der Waals surface area contributed by atoms with Crippen LogP contribution in [0.15, 0.2) is 12.7 Å². The Kier molecular flexibility index (Phi) is 16.6. The van der Waals surface area contributed by atoms with Crippen LogP contribution >= 0.6 is 58.8 Å². The first-order valence-electron chi connectivity index (χ1n) is 16.7. The molecule has 57 heavy (non-hydrogen) atoms. The van der Waals surface area contributed by atoms with Gasteiger partial charge in [-0.3, -0.25) is 28.1 Å². The number of phosphoric acid groups is 3. The van der Waals surface area contributed by atoms with Crippen molar-refractivity contribution < 1.29 is 80.5 Å². The van der Waals surface area contributed by atoms with Crippen molar-refractivity contribution in [1.82, 2.24) is 30.2 Å². The molecule has 2 saturated heterocycles. The van der Waals surface area contributed by atoms with Crippen molar-refractivity contribution in [1.29, 1.82) is 0 Å². The van der Waals surface area contributed by atoms with Crippen molar-refractivity contribution in [3.8, 4) is 0 Å². The van der Waals surface area contributed by atoms with Gasteiger partial charge < -0.3 is 69.0 Å². The van der Waals surface area contributed by atoms with Crippen LogP contribution in [0.4, 0.5) is 5.82 Å². The van der Waals surface area contributed by atoms with Crippen LogP contribution in [0, 0.1) is 5.41 Å². The Bertz CT molecular complexity index is 1900. The molecule has 7 atom stereocenters. The molecule has 0 aromatic carbocycles. The van der Waals surface area contributed by atoms with Gasteiger partial charge in [-0.15, -0.1) is 23.5 Å². The molecule has 0 saturated carbocycles. The fraction of sp³-hybridized carbons (Fsp3) is 0.704. The molecule has 7 unspecified atom stereocenters. The highest BCUT2D eigenvalue weighted by atomic mass is 32.2. The number of carbonyl (C=O) groups excluding carboxylic acids is 3. The minimum absolute atomic E-state index is 0.0312. The number of fused-ring (bicyclic) bond motifs is 1. The Morgan fingerprint density at radius 2 is 1.77 bits per heavy atom. The summed E-state index contributed by atoms with van der Waals surface area (Å²) in [5.74, 6) is 0.869. The minimum Gasteiger partial charge on any atom is -0.790 e. The van der Waals surface area contributed by atoms with Crippen LogP contribution in [-0.2, 0) is 56.4 Å². The Morgan fingerprint density at radius 3 is 2.44 bits per heavy atom. The summed E-state index contributed by atoms with van der Waals surface area (Å²) in [6, 6.07) is 0. The fourth-order valence-corrected chi connectivity index (χ4v) is 11.8. The lowest BCUT2D eigenvalue weighted by Gasteiger charge is -2.36. The number of imidazole rings is 1. The Labute approximate surface area is 337 Å². The highest BCUT2D eigenvalue weighted by Crippen LogP contribution is 2.56. The number of hydrogen-bond donors (Lipinski definition) is 5. The zero-order valence-electron chi connectivity index (χ0n) is 30.4. The van der Waals surface area contributed by atoms with Gasteiger partial charge in [0.05, 0.1) is 31.9 Å². The van der Waals surface area contributed by atoms with E-state index in [9.17, 15) is 57.9 Å². The number of phosphoric ester groups is 3. The second-order valence-electron chi connectivity index (χ2n) is 13.1. The van der Waals surface area contributed by atoms with Crippen LogP contribution in [0.1, 0.15) is 33.6 Å². The average Bonchev–Trinajstić information content (AvgIpc) is 3.84. The average molecular weight is 924 g/mol. The number of amides is 2. The van der Waals surface area contributed by atoms with E-state index >= 15 is 0 Å². The maximum atomic E-state index is 12.6. The normalized spacial score (nSPS) is 24.5. The van der Waals surface area contributed by atoms with E-state index in [0.29, 0.717) is 12.2 Å². The van der Waals surface area contributed by atoms with Crippen molar-refractivity contribution in [2.24, 2.45) is 5.41 Å². The highest BCUT2D eigenvalue weighted by molar-refractivity contribution is 8.20. The quantitative estimate of drug-likeness (QED) is 0.0638. The molecule has 0 spiro atoms. The van der Waals surface area contributed by atoms with Crippen molar-refractivity contribution in [2.75, 3.05) is 49.3 Å². The van der Waals surface area contributed by atoms with Gasteiger partial charge in [-0.2, -0.15) is 0 Å². The minimum atomic E-state index is -5.93. The summed E-state index contributed by atoms with van der Waals surface area (Å²) in [5.41, 5.74) is 2.03. The summed E-state index contributed by atoms with van der Waals surface area (Å²) in [7, 11) is -17.6. The Morgan fingerprint density at radius 1 is 1.11 bits per heavy atom. The highest BCUT2D eigenvalue weighted by Gasteiger charge is 2.55. The molecule has 0 radical (unpaired) electrons. The lowest BCUT2D eigenvalue weighted by Crippen LogP contribution is -2.46. The molecule has 0 bridgehead atoms. The van der Waals surface area contributed by atoms with Gasteiger partial charge in [0.2, 0.25) is 11.8 Å². The van der Waals surface area contributed by atoms with E-state index in [1.54, 1.807) is 23.5 Å². The number of aliphatic hydroxyl groups excluding tert-OH is 2. The number of ether oxygens (including phenoxy) is 1. The van der Waals surface area contributed by atoms with Crippen molar-refractivity contribution >= 4 is 92.7 Å². The van der Waals surface area contributed by atoms with Gasteiger partial charge in [-0.05, 0) is 6.92 Å². The molecule has 322 valence electrons. The number of hydrogen-bond acceptors (Lipinski definition) is 24. The third-order valence-corrected chi connectivity index (χ3v) is 15.2. The summed E-state index contributed by atoms with van der Waals surface area (Å²) < 4.78 is 61.4. The van der Waals surface area contributed by atoms with Gasteiger partial charge >= 0.3 is 0 Å². The summed E-state index contributed by atoms with van der Waals surface area (Å²) >= 11 is 4.61. The topological polar surface area (TPSA) is 375 Å². The summed E-state index contributed by atoms with van der Waals surface area (Å²) in [6.07, 6.45) is -5.61. The number of aromatic nitrogens is 4. The van der Waals surface area contributed by atoms with Gasteiger partial charge in [0.25, 0.3) is 15.6 Å². The molecule has 2 aromatic heterocycles. The molecule has 4 rings (SSSR count). The third kappa shape index (κ3) is 13.6. The molecule has 2 aliphatic heterocycles. The molecule has 2 amide bonds. The predicted octanol–water partition coefficient (Wildman–Crippen LogP) is -2.49. The van der Waals surface area contributed by atoms with Gasteiger partial charge in [0, 0.05) is 48.6 Å². The second-order valence-corrected chi connectivity index (χ2v) is 21.3. The number of aliphatic hydroxyl groups is 2. The van der Waals surface area contributed by atoms with Crippen molar-refractivity contribution in [3.05, 3.63) is 12.7 Å². The lowest BCUT2D eigenvalue weighted by molar-refractivity contribution is -0.347. The van der Waals surface area contributed by atoms with Gasteiger partial charge in [-0.25, -0.2) is 19.3 Å². The molecule has 4 heterocycles. The van der Waals surface area contributed by atoms with Crippen molar-refractivity contribution in [2.45, 2.75) is 68.3 Å². The first-order chi connectivity index (χ1) is 26.4. The van der Waals surface area contributed by atoms with E-state index in [1.165, 1.54) is 20.8 Å². The Balaban J connectivity index is 1.24. The molecule has 6 N–H and O–H groups in total. The number of thioether (sulfide) groups is 3. The van der Waals surface area contributed by atoms with Gasteiger partial charge in [0.15, 0.2) is 22.3 Å². The van der Waals surface area contributed by atoms with Crippen LogP contribution in [0.25, 0.3) is 11.2 Å². The monoisotopic (exact) mass is 923 g/mol. The van der Waals surface area contributed by atoms with Crippen LogP contribution < -0.4 is 35.9 Å². The maximum Gasteiger partial charge on any atom is 0.274 e. The number of nitrogens with zero attached hydrogens (tertiary/aromatic N) is 4. The number of carbonyl (C=O) groups is 3. The summed E-state index contributed by atoms with van der Waals surface area (Å²) in [4.78, 5) is 96.6. The SMILES string of the molecule is CC(C)(COP(=O)([O-])OP(=O)([O-])OCC1OC(C)(n2cnc3c(N)ncnc32)C(O)C1OP(=O)([O-])[O-])C(O)C(=O)NCCC(=O)NCCSC(=O)CC1SCCS1. The van der Waals surface area contributed by atoms with E-state index < -0.39 is 84.1 Å². The van der Waals surface area contributed by atoms with E-state index in [2.05, 4.69) is 43.5 Å². The van der Waals surface area contributed by atoms with E-state index in [4.69, 9.17) is 10.5 Å². The molecule has 2 aliphatic rings. The number of nitrogen functional groups attached to an aromatic ring is 1. The predicted molar refractivity (Wildman–Crippen MR) is 196 cm³/mol. The largest absolute Gasteiger partial charge is 0.790 e. The summed E-state index contributed by atoms with van der Waals surface area (Å²) in [6.45, 7) is 1.31. The van der Waals surface area contributed by atoms with Crippen LogP contribution in [-0.4, -0.2) is 119 Å². The molecular weight excluding hydrogens is 883 g/mol. The number of nitrogens with two attached hydrogens (primary N) is 1. The van der Waals surface area contributed by atoms with Crippen LogP contribution in [0.3, 0.4) is 0 Å². The third-order valence-electron chi connectivity index (χ3n) is 8.25. The van der Waals surface area contributed by atoms with E-state index in [-0.39, 0.29) is 46.2 Å². The van der Waals surface area contributed by atoms with Crippen LogP contribution in [0.5, 0.6) is 0 Å². The summed E-state index contributed by atoms with van der Waals surface area (Å²) in [5, 5.41) is 26.6. The van der Waals surface area contributed by atoms with Gasteiger partial charge in [0.1, 0.15) is 36.3 Å². The lowest BCUT2D eigenvalue weighted by atomic mass is 9.87. The van der Waals surface area contributed by atoms with Gasteiger partial charge in [-0.1, -0.05) is 25.6 Å². The van der Waals surface area contributed by atoms with Crippen LogP contribution in [0.2, 0.25) is 0 Å². The molecule has 0 aliphatic carbocycles. The maximum absolute atomic E-state index is 12.6. The van der Waals surface area contributed by atoms with E-state index in [1.807, 2.05) is 0 Å². The zero-order valence-corrected chi connectivity index (χ0v) is 35.5. The number of nitrogens with one attached hydrogen (secondary N) is 2. The first-order valence-corrected chi connectivity index (χ1v) is 24.1. The molecule has 30 heteroatoms. The van der Waals surface area contributed by atoms with E-state index in [0.717, 1.165) is 40.5 Å². The Hall–Kier alpha value is -1.74. The molecule has 24 nitrogen and oxygen atoms in total. The number of rotatable bonds is 21. The fourth-order valence-electron chi connectivity index (χ4n) is 5.31. The standard InChI is InChI=1S/C27H44N7O17P3S3/c1-26(2,22(38)25(39)30-5-4-16(35)29-6-7-55-17(36)10-18-56-8-9-57-18)12-48-54(45,46)51-53(43,44)47-11-15-20(50-52(40,41)42)21(37)27(3,49-15)34-14-33-19-23(28)31-13-32-24(19)34/h13-15,18,20-22,37-38H,4-12H2,1-3H3,(H,29,35)(H,30,39)(H,43,44)(H,45,46)(H2,28,31,32)(H2,40,41,42)/p-4. The molecular formula is C27H40N7O17P3S3-4. The molecule has 2 fully saturated rings. The molecule has 2 aromatic rings. The zero-order chi connectivity index (χ0) is 42.4. The second kappa shape index (κ2) is 19.8. The van der Waals surface area contributed by atoms with Crippen molar-refractivity contribution in [3.63, 3.8) is 0 Å².